The molecule has 5 nitrogen and oxygen atoms in total. The van der Waals surface area contributed by atoms with Crippen LogP contribution in [0.1, 0.15) is 24.8 Å². The van der Waals surface area contributed by atoms with E-state index in [4.69, 9.17) is 14.2 Å². The maximum atomic E-state index is 11.8. The van der Waals surface area contributed by atoms with Crippen molar-refractivity contribution in [2.45, 2.75) is 31.8 Å². The minimum Gasteiger partial charge on any atom is -0.493 e. The third-order valence-corrected chi connectivity index (χ3v) is 3.64. The number of carbonyl (C=O) groups is 1. The van der Waals surface area contributed by atoms with Crippen LogP contribution in [0, 0.1) is 0 Å². The molecule has 21 heavy (non-hydrogen) atoms. The molecule has 1 atom stereocenters. The normalized spacial score (nSPS) is 17.5. The Morgan fingerprint density at radius 3 is 2.81 bits per heavy atom. The van der Waals surface area contributed by atoms with Crippen LogP contribution >= 0.6 is 0 Å². The maximum Gasteiger partial charge on any atom is 0.220 e. The van der Waals surface area contributed by atoms with Gasteiger partial charge in [-0.25, -0.2) is 0 Å². The van der Waals surface area contributed by atoms with Crippen molar-refractivity contribution < 1.29 is 19.0 Å². The highest BCUT2D eigenvalue weighted by Crippen LogP contribution is 2.27. The largest absolute Gasteiger partial charge is 0.493 e. The van der Waals surface area contributed by atoms with Crippen molar-refractivity contribution >= 4 is 5.91 Å². The van der Waals surface area contributed by atoms with E-state index in [1.54, 1.807) is 14.2 Å². The molecule has 1 heterocycles. The Morgan fingerprint density at radius 2 is 2.14 bits per heavy atom. The smallest absolute Gasteiger partial charge is 0.220 e. The first-order valence-corrected chi connectivity index (χ1v) is 7.32. The lowest BCUT2D eigenvalue weighted by Gasteiger charge is -2.11. The van der Waals surface area contributed by atoms with E-state index >= 15 is 0 Å². The minimum absolute atomic E-state index is 0.0558. The van der Waals surface area contributed by atoms with E-state index in [1.165, 1.54) is 0 Å². The first-order valence-electron chi connectivity index (χ1n) is 7.32. The zero-order valence-electron chi connectivity index (χ0n) is 12.7. The maximum absolute atomic E-state index is 11.8. The van der Waals surface area contributed by atoms with Gasteiger partial charge in [-0.05, 0) is 37.0 Å². The molecule has 2 rings (SSSR count). The molecule has 0 aliphatic carbocycles. The molecule has 1 aromatic rings. The highest BCUT2D eigenvalue weighted by molar-refractivity contribution is 5.76. The third kappa shape index (κ3) is 4.63. The van der Waals surface area contributed by atoms with Gasteiger partial charge in [0.2, 0.25) is 5.91 Å². The summed E-state index contributed by atoms with van der Waals surface area (Å²) in [4.78, 5) is 11.8. The van der Waals surface area contributed by atoms with Gasteiger partial charge in [0.05, 0.1) is 20.3 Å². The molecular formula is C16H23NO4. The molecule has 0 unspecified atom stereocenters. The van der Waals surface area contributed by atoms with E-state index in [1.807, 2.05) is 18.2 Å². The Balaban J connectivity index is 1.77. The highest BCUT2D eigenvalue weighted by atomic mass is 16.5. The number of amides is 1. The molecule has 116 valence electrons. The molecule has 1 saturated heterocycles. The lowest BCUT2D eigenvalue weighted by molar-refractivity contribution is -0.121. The third-order valence-electron chi connectivity index (χ3n) is 3.64. The Morgan fingerprint density at radius 1 is 1.33 bits per heavy atom. The Bertz CT molecular complexity index is 469. The monoisotopic (exact) mass is 293 g/mol. The number of benzene rings is 1. The average molecular weight is 293 g/mol. The molecular weight excluding hydrogens is 270 g/mol. The number of hydrogen-bond donors (Lipinski definition) is 1. The highest BCUT2D eigenvalue weighted by Gasteiger charge is 2.16. The average Bonchev–Trinajstić information content (AvgIpc) is 3.04. The summed E-state index contributed by atoms with van der Waals surface area (Å²) >= 11 is 0. The van der Waals surface area contributed by atoms with Gasteiger partial charge in [-0.3, -0.25) is 4.79 Å². The van der Waals surface area contributed by atoms with Crippen LogP contribution in [0.5, 0.6) is 11.5 Å². The quantitative estimate of drug-likeness (QED) is 0.834. The topological polar surface area (TPSA) is 56.8 Å². The summed E-state index contributed by atoms with van der Waals surface area (Å²) in [5.74, 6) is 1.44. The lowest BCUT2D eigenvalue weighted by atomic mass is 10.1. The lowest BCUT2D eigenvalue weighted by Crippen LogP contribution is -2.31. The van der Waals surface area contributed by atoms with Crippen molar-refractivity contribution in [3.63, 3.8) is 0 Å². The van der Waals surface area contributed by atoms with Crippen LogP contribution in [0.4, 0.5) is 0 Å². The molecule has 1 N–H and O–H groups in total. The van der Waals surface area contributed by atoms with E-state index in [0.29, 0.717) is 30.9 Å². The molecule has 0 saturated carbocycles. The summed E-state index contributed by atoms with van der Waals surface area (Å²) in [5.41, 5.74) is 1.06. The van der Waals surface area contributed by atoms with Gasteiger partial charge in [-0.1, -0.05) is 6.07 Å². The van der Waals surface area contributed by atoms with Crippen LogP contribution in [-0.4, -0.2) is 39.4 Å². The molecule has 1 aliphatic rings. The van der Waals surface area contributed by atoms with E-state index < -0.39 is 0 Å². The summed E-state index contributed by atoms with van der Waals surface area (Å²) in [5, 5.41) is 2.93. The molecule has 1 aromatic carbocycles. The fourth-order valence-corrected chi connectivity index (χ4v) is 2.42. The Labute approximate surface area is 125 Å². The molecule has 0 bridgehead atoms. The Hall–Kier alpha value is -1.75. The zero-order chi connectivity index (χ0) is 15.1. The number of rotatable bonds is 7. The van der Waals surface area contributed by atoms with Crippen molar-refractivity contribution in [3.8, 4) is 11.5 Å². The van der Waals surface area contributed by atoms with Crippen molar-refractivity contribution in [1.29, 1.82) is 0 Å². The molecule has 0 radical (unpaired) electrons. The van der Waals surface area contributed by atoms with Crippen LogP contribution in [0.2, 0.25) is 0 Å². The van der Waals surface area contributed by atoms with Crippen LogP contribution in [0.3, 0.4) is 0 Å². The Kier molecular flexibility index (Phi) is 5.87. The summed E-state index contributed by atoms with van der Waals surface area (Å²) in [6.07, 6.45) is 3.46. The van der Waals surface area contributed by atoms with E-state index in [9.17, 15) is 4.79 Å². The zero-order valence-corrected chi connectivity index (χ0v) is 12.7. The molecule has 0 spiro atoms. The second-order valence-corrected chi connectivity index (χ2v) is 5.13. The SMILES string of the molecule is COc1ccc(CCC(=O)NC[C@@H]2CCCO2)cc1OC. The van der Waals surface area contributed by atoms with Crippen LogP contribution < -0.4 is 14.8 Å². The van der Waals surface area contributed by atoms with E-state index in [2.05, 4.69) is 5.32 Å². The second kappa shape index (κ2) is 7.88. The van der Waals surface area contributed by atoms with E-state index in [0.717, 1.165) is 25.0 Å². The van der Waals surface area contributed by atoms with Crippen molar-refractivity contribution in [3.05, 3.63) is 23.8 Å². The van der Waals surface area contributed by atoms with Gasteiger partial charge in [-0.2, -0.15) is 0 Å². The van der Waals surface area contributed by atoms with Gasteiger partial charge >= 0.3 is 0 Å². The van der Waals surface area contributed by atoms with Gasteiger partial charge in [0.15, 0.2) is 11.5 Å². The van der Waals surface area contributed by atoms with Crippen LogP contribution in [-0.2, 0) is 16.0 Å². The standard InChI is InChI=1S/C16H23NO4/c1-19-14-7-5-12(10-15(14)20-2)6-8-16(18)17-11-13-4-3-9-21-13/h5,7,10,13H,3-4,6,8-9,11H2,1-2H3,(H,17,18)/t13-/m0/s1. The minimum atomic E-state index is 0.0558. The fourth-order valence-electron chi connectivity index (χ4n) is 2.42. The first-order chi connectivity index (χ1) is 10.2. The van der Waals surface area contributed by atoms with Gasteiger partial charge in [0, 0.05) is 19.6 Å². The van der Waals surface area contributed by atoms with Crippen molar-refractivity contribution in [2.24, 2.45) is 0 Å². The fraction of sp³-hybridized carbons (Fsp3) is 0.562. The summed E-state index contributed by atoms with van der Waals surface area (Å²) in [6.45, 7) is 1.43. The number of carbonyl (C=O) groups excluding carboxylic acids is 1. The summed E-state index contributed by atoms with van der Waals surface area (Å²) in [6, 6.07) is 5.72. The summed E-state index contributed by atoms with van der Waals surface area (Å²) in [7, 11) is 3.21. The second-order valence-electron chi connectivity index (χ2n) is 5.13. The van der Waals surface area contributed by atoms with Gasteiger partial charge < -0.3 is 19.5 Å². The number of aryl methyl sites for hydroxylation is 1. The predicted molar refractivity (Wildman–Crippen MR) is 79.9 cm³/mol. The molecule has 1 amide bonds. The molecule has 1 aliphatic heterocycles. The number of methoxy groups -OCH3 is 2. The van der Waals surface area contributed by atoms with E-state index in [-0.39, 0.29) is 12.0 Å². The predicted octanol–water partition coefficient (Wildman–Crippen LogP) is 1.93. The number of hydrogen-bond acceptors (Lipinski definition) is 4. The molecule has 0 aromatic heterocycles. The van der Waals surface area contributed by atoms with Crippen molar-refractivity contribution in [1.82, 2.24) is 5.32 Å². The van der Waals surface area contributed by atoms with Crippen molar-refractivity contribution in [2.75, 3.05) is 27.4 Å². The summed E-state index contributed by atoms with van der Waals surface area (Å²) < 4.78 is 15.9. The van der Waals surface area contributed by atoms with Gasteiger partial charge in [-0.15, -0.1) is 0 Å². The number of ether oxygens (including phenoxy) is 3. The number of nitrogens with one attached hydrogen (secondary N) is 1. The van der Waals surface area contributed by atoms with Gasteiger partial charge in [0.25, 0.3) is 0 Å². The van der Waals surface area contributed by atoms with Gasteiger partial charge in [0.1, 0.15) is 0 Å². The first kappa shape index (κ1) is 15.6. The molecule has 1 fully saturated rings. The van der Waals surface area contributed by atoms with Crippen LogP contribution in [0.25, 0.3) is 0 Å². The van der Waals surface area contributed by atoms with Crippen LogP contribution in [0.15, 0.2) is 18.2 Å². The molecule has 5 heteroatoms.